The number of rotatable bonds is 20. The second kappa shape index (κ2) is 39.7. The lowest BCUT2D eigenvalue weighted by atomic mass is 9.89. The van der Waals surface area contributed by atoms with Crippen molar-refractivity contribution in [2.24, 2.45) is 0 Å². The van der Waals surface area contributed by atoms with Gasteiger partial charge in [-0.25, -0.2) is 59.0 Å². The SMILES string of the molecule is CN(C(=O)OC(C)(C)C)c1cc(Nc2cccc3ocnc23)nc2c(C(=O)NC3CC[C@H]3O)cnn12.CN(C(=O)OC(C)(C)C)c1cc(Nc2cccc3ocnc23)nc2c(C(=O)N[C@@H]3CC[C@H]3O)cnn12.CN(C(=O)OC(C)(C)C)c1cc(Nc2cccc3ocnc23)nc2c(C(=O)N[C@H]3CC[C@@H]3O)cnn12.CN(C(=O)OC(C)(C)C)c1cc(Nc2cccc3ocnc23)nc2c(C(=O)N[C@H]3CC[C@@H]3O)cnn12. The number of carbonyl (C=O) groups excluding carboxylic acids is 8. The molecule has 144 heavy (non-hydrogen) atoms. The van der Waals surface area contributed by atoms with Gasteiger partial charge in [0.25, 0.3) is 23.6 Å². The summed E-state index contributed by atoms with van der Waals surface area (Å²) in [6, 6.07) is 26.9. The smallest absolute Gasteiger partial charge is 0.415 e. The van der Waals surface area contributed by atoms with E-state index in [-0.39, 0.29) is 69.0 Å². The highest BCUT2D eigenvalue weighted by Gasteiger charge is 2.39. The van der Waals surface area contributed by atoms with E-state index in [1.165, 1.54) is 88.0 Å². The van der Waals surface area contributed by atoms with Crippen molar-refractivity contribution in [1.29, 1.82) is 0 Å². The van der Waals surface area contributed by atoms with Crippen molar-refractivity contribution in [3.05, 3.63) is 170 Å². The zero-order chi connectivity index (χ0) is 102. The maximum atomic E-state index is 13.0. The minimum Gasteiger partial charge on any atom is -0.443 e. The zero-order valence-corrected chi connectivity index (χ0v) is 81.4. The van der Waals surface area contributed by atoms with Gasteiger partial charge in [0.05, 0.1) is 96.1 Å². The number of nitrogens with zero attached hydrogens (tertiary/aromatic N) is 20. The third-order valence-corrected chi connectivity index (χ3v) is 23.5. The van der Waals surface area contributed by atoms with Crippen LogP contribution in [-0.2, 0) is 18.9 Å². The quantitative estimate of drug-likeness (QED) is 0.0315. The van der Waals surface area contributed by atoms with Crippen LogP contribution in [0.25, 0.3) is 67.0 Å². The van der Waals surface area contributed by atoms with Gasteiger partial charge in [0, 0.05) is 52.5 Å². The summed E-state index contributed by atoms with van der Waals surface area (Å²) in [5.41, 5.74) is 6.20. The summed E-state index contributed by atoms with van der Waals surface area (Å²) in [7, 11) is 6.21. The summed E-state index contributed by atoms with van der Waals surface area (Å²) in [5, 5.41) is 81.0. The molecule has 752 valence electrons. The number of aliphatic hydroxyl groups is 4. The molecule has 0 aliphatic heterocycles. The van der Waals surface area contributed by atoms with E-state index in [1.807, 2.05) is 48.5 Å². The molecule has 0 spiro atoms. The molecule has 12 aromatic heterocycles. The van der Waals surface area contributed by atoms with E-state index in [4.69, 9.17) is 36.6 Å². The van der Waals surface area contributed by atoms with Gasteiger partial charge in [-0.05, 0) is 183 Å². The van der Waals surface area contributed by atoms with Crippen molar-refractivity contribution in [1.82, 2.24) is 99.6 Å². The minimum absolute atomic E-state index is 0.205. The van der Waals surface area contributed by atoms with E-state index in [0.717, 1.165) is 0 Å². The fourth-order valence-corrected chi connectivity index (χ4v) is 15.4. The van der Waals surface area contributed by atoms with Crippen LogP contribution in [-0.4, -0.2) is 246 Å². The maximum absolute atomic E-state index is 13.0. The van der Waals surface area contributed by atoms with E-state index >= 15 is 0 Å². The molecule has 4 aromatic carbocycles. The topological polar surface area (TPSA) is 588 Å². The molecule has 4 fully saturated rings. The zero-order valence-electron chi connectivity index (χ0n) is 81.4. The van der Waals surface area contributed by atoms with Gasteiger partial charge in [-0.2, -0.15) is 38.5 Å². The molecule has 0 saturated heterocycles. The van der Waals surface area contributed by atoms with Crippen LogP contribution >= 0.6 is 0 Å². The number of hydrogen-bond acceptors (Lipinski definition) is 36. The average Bonchev–Trinajstić information content (AvgIpc) is 1.61. The fourth-order valence-electron chi connectivity index (χ4n) is 15.4. The first-order chi connectivity index (χ1) is 68.4. The number of hydrogen-bond donors (Lipinski definition) is 12. The Balaban J connectivity index is 0.000000132. The largest absolute Gasteiger partial charge is 0.443 e. The van der Waals surface area contributed by atoms with E-state index in [9.17, 15) is 58.8 Å². The van der Waals surface area contributed by atoms with Gasteiger partial charge in [-0.15, -0.1) is 0 Å². The maximum Gasteiger partial charge on any atom is 0.415 e. The van der Waals surface area contributed by atoms with Gasteiger partial charge < -0.3 is 99.6 Å². The molecule has 20 rings (SSSR count). The summed E-state index contributed by atoms with van der Waals surface area (Å²) in [6.45, 7) is 21.3. The van der Waals surface area contributed by atoms with Crippen molar-refractivity contribution >= 4 is 184 Å². The Kier molecular flexibility index (Phi) is 27.3. The first-order valence-electron chi connectivity index (χ1n) is 46.2. The number of para-hydroxylation sites is 4. The van der Waals surface area contributed by atoms with Crippen LogP contribution in [0, 0.1) is 0 Å². The highest BCUT2D eigenvalue weighted by Crippen LogP contribution is 2.37. The summed E-state index contributed by atoms with van der Waals surface area (Å²) < 4.78 is 49.2. The number of aromatic nitrogens is 16. The number of carbonyl (C=O) groups is 8. The van der Waals surface area contributed by atoms with Crippen molar-refractivity contribution in [2.45, 2.75) is 205 Å². The predicted octanol–water partition coefficient (Wildman–Crippen LogP) is 13.0. The van der Waals surface area contributed by atoms with E-state index in [1.54, 1.807) is 160 Å². The number of aliphatic hydroxyl groups excluding tert-OH is 4. The summed E-state index contributed by atoms with van der Waals surface area (Å²) in [5.74, 6) is 1.04. The van der Waals surface area contributed by atoms with Gasteiger partial charge in [-0.3, -0.25) is 38.8 Å². The molecule has 0 radical (unpaired) electrons. The highest BCUT2D eigenvalue weighted by atomic mass is 16.6. The second-order valence-corrected chi connectivity index (χ2v) is 38.7. The number of benzene rings is 4. The predicted molar refractivity (Wildman–Crippen MR) is 526 cm³/mol. The molecule has 48 heteroatoms. The van der Waals surface area contributed by atoms with E-state index in [0.29, 0.717) is 165 Å². The Labute approximate surface area is 819 Å². The standard InChI is InChI=1S/4C24H27N7O5/c4*1-24(2,3)36-23(34)30(4)19-10-18(27-15-6-5-7-17-20(15)25-12-35-17)29-21-13(11-26-31(19)21)22(33)28-14-8-9-16(14)32/h4*5-7,10-12,14,16,32H,8-9H2,1-4H3,(H,27,29)(H,28,33)/t14?,16-;3*14-,16-/m1100/s1. The number of fused-ring (bicyclic) bond motifs is 8. The molecule has 8 amide bonds. The van der Waals surface area contributed by atoms with Gasteiger partial charge in [0.15, 0.2) is 70.5 Å². The number of oxazole rings is 4. The van der Waals surface area contributed by atoms with E-state index in [2.05, 4.69) is 103 Å². The van der Waals surface area contributed by atoms with Crippen LogP contribution in [0.4, 0.5) is 88.5 Å². The van der Waals surface area contributed by atoms with Crippen molar-refractivity contribution in [2.75, 3.05) is 69.1 Å². The van der Waals surface area contributed by atoms with Gasteiger partial charge >= 0.3 is 24.4 Å². The molecule has 12 heterocycles. The summed E-state index contributed by atoms with van der Waals surface area (Å²) in [4.78, 5) is 144. The number of ether oxygens (including phenoxy) is 4. The summed E-state index contributed by atoms with van der Waals surface area (Å²) >= 11 is 0. The molecular weight excluding hydrogens is 1870 g/mol. The molecule has 4 aliphatic carbocycles. The van der Waals surface area contributed by atoms with Crippen LogP contribution in [0.5, 0.6) is 0 Å². The molecule has 8 atom stereocenters. The van der Waals surface area contributed by atoms with Gasteiger partial charge in [0.1, 0.15) is 113 Å². The lowest BCUT2D eigenvalue weighted by Crippen LogP contribution is -2.50. The molecule has 4 aliphatic rings. The second-order valence-electron chi connectivity index (χ2n) is 38.7. The van der Waals surface area contributed by atoms with Crippen molar-refractivity contribution in [3.8, 4) is 0 Å². The minimum atomic E-state index is -0.708. The first kappa shape index (κ1) is 98.8. The van der Waals surface area contributed by atoms with E-state index < -0.39 is 94.8 Å². The van der Waals surface area contributed by atoms with Gasteiger partial charge in [-0.1, -0.05) is 24.3 Å². The lowest BCUT2D eigenvalue weighted by molar-refractivity contribution is 0.0448. The van der Waals surface area contributed by atoms with Crippen LogP contribution in [0.2, 0.25) is 0 Å². The Morgan fingerprint density at radius 3 is 0.694 bits per heavy atom. The Morgan fingerprint density at radius 2 is 0.521 bits per heavy atom. The van der Waals surface area contributed by atoms with Crippen molar-refractivity contribution < 1.29 is 95.4 Å². The third-order valence-electron chi connectivity index (χ3n) is 23.5. The van der Waals surface area contributed by atoms with Crippen LogP contribution < -0.4 is 62.1 Å². The van der Waals surface area contributed by atoms with Gasteiger partial charge in [0.2, 0.25) is 0 Å². The highest BCUT2D eigenvalue weighted by molar-refractivity contribution is 6.05. The summed E-state index contributed by atoms with van der Waals surface area (Å²) in [6.07, 6.45) is 11.6. The van der Waals surface area contributed by atoms with Crippen molar-refractivity contribution in [3.63, 3.8) is 0 Å². The van der Waals surface area contributed by atoms with Crippen LogP contribution in [0.15, 0.2) is 165 Å². The molecule has 0 bridgehead atoms. The Hall–Kier alpha value is -16.8. The Bertz CT molecular complexity index is 6700. The molecule has 1 unspecified atom stereocenters. The molecule has 4 saturated carbocycles. The number of amides is 8. The number of nitrogens with one attached hydrogen (secondary N) is 8. The first-order valence-corrected chi connectivity index (χ1v) is 46.2. The molecule has 12 N–H and O–H groups in total. The molecule has 16 aromatic rings. The number of anilines is 12. The van der Waals surface area contributed by atoms with Crippen LogP contribution in [0.3, 0.4) is 0 Å². The molecule has 48 nitrogen and oxygen atoms in total. The third kappa shape index (κ3) is 21.6. The fraction of sp³-hybridized carbons (Fsp3) is 0.375. The van der Waals surface area contributed by atoms with Crippen LogP contribution in [0.1, 0.15) is 176 Å². The molecular formula is C96H108N28O20. The average molecular weight is 1970 g/mol. The lowest BCUT2D eigenvalue weighted by Gasteiger charge is -2.32. The Morgan fingerprint density at radius 1 is 0.319 bits per heavy atom. The normalized spacial score (nSPS) is 17.6. The monoisotopic (exact) mass is 1970 g/mol.